The fourth-order valence-electron chi connectivity index (χ4n) is 2.18. The van der Waals surface area contributed by atoms with Crippen LogP contribution in [0.3, 0.4) is 0 Å². The van der Waals surface area contributed by atoms with Crippen molar-refractivity contribution in [1.29, 1.82) is 0 Å². The lowest BCUT2D eigenvalue weighted by molar-refractivity contribution is 0.237. The van der Waals surface area contributed by atoms with Gasteiger partial charge in [-0.25, -0.2) is 9.78 Å². The van der Waals surface area contributed by atoms with E-state index in [-0.39, 0.29) is 12.1 Å². The quantitative estimate of drug-likeness (QED) is 0.691. The van der Waals surface area contributed by atoms with E-state index in [0.717, 1.165) is 22.4 Å². The van der Waals surface area contributed by atoms with Crippen LogP contribution in [0.15, 0.2) is 48.8 Å². The Hall–Kier alpha value is -2.89. The molecule has 2 amide bonds. The predicted octanol–water partition coefficient (Wildman–Crippen LogP) is 2.52. The summed E-state index contributed by atoms with van der Waals surface area (Å²) in [5.74, 6) is 0.734. The molecule has 0 aliphatic heterocycles. The van der Waals surface area contributed by atoms with E-state index >= 15 is 0 Å². The Morgan fingerprint density at radius 3 is 2.91 bits per heavy atom. The van der Waals surface area contributed by atoms with Gasteiger partial charge in [0.1, 0.15) is 5.82 Å². The first-order valence-electron chi connectivity index (χ1n) is 7.10. The summed E-state index contributed by atoms with van der Waals surface area (Å²) in [6.45, 7) is 2.33. The fourth-order valence-corrected chi connectivity index (χ4v) is 2.18. The number of H-pyrrole nitrogens is 1. The third-order valence-electron chi connectivity index (χ3n) is 3.34. The van der Waals surface area contributed by atoms with E-state index < -0.39 is 0 Å². The van der Waals surface area contributed by atoms with Gasteiger partial charge in [-0.15, -0.1) is 0 Å². The molecule has 0 bridgehead atoms. The zero-order valence-electron chi connectivity index (χ0n) is 12.2. The highest BCUT2D eigenvalue weighted by atomic mass is 16.2. The first kappa shape index (κ1) is 14.1. The van der Waals surface area contributed by atoms with Crippen molar-refractivity contribution in [2.75, 3.05) is 0 Å². The molecular formula is C16H17N5O. The predicted molar refractivity (Wildman–Crippen MR) is 84.1 cm³/mol. The van der Waals surface area contributed by atoms with E-state index in [1.807, 2.05) is 43.3 Å². The number of rotatable bonds is 4. The zero-order chi connectivity index (χ0) is 15.4. The van der Waals surface area contributed by atoms with Crippen molar-refractivity contribution in [1.82, 2.24) is 25.6 Å². The molecule has 0 saturated heterocycles. The Morgan fingerprint density at radius 2 is 2.14 bits per heavy atom. The van der Waals surface area contributed by atoms with Gasteiger partial charge in [0.05, 0.1) is 17.1 Å². The topological polar surface area (TPSA) is 82.7 Å². The summed E-state index contributed by atoms with van der Waals surface area (Å²) in [7, 11) is 0. The van der Waals surface area contributed by atoms with Crippen LogP contribution < -0.4 is 10.6 Å². The Balaban J connectivity index is 1.58. The van der Waals surface area contributed by atoms with Gasteiger partial charge in [-0.05, 0) is 30.7 Å². The van der Waals surface area contributed by atoms with Crippen LogP contribution in [0.25, 0.3) is 11.0 Å². The highest BCUT2D eigenvalue weighted by molar-refractivity contribution is 5.76. The van der Waals surface area contributed by atoms with Gasteiger partial charge in [0.15, 0.2) is 0 Å². The van der Waals surface area contributed by atoms with Gasteiger partial charge in [0.25, 0.3) is 0 Å². The maximum atomic E-state index is 11.9. The van der Waals surface area contributed by atoms with Crippen molar-refractivity contribution < 1.29 is 4.79 Å². The van der Waals surface area contributed by atoms with Gasteiger partial charge in [-0.3, -0.25) is 4.98 Å². The standard InChI is InChI=1S/C16H17N5O/c1-11(15-20-13-6-2-3-7-14(13)21-15)19-16(22)18-10-12-5-4-8-17-9-12/h2-9,11H,10H2,1H3,(H,20,21)(H2,18,19,22). The van der Waals surface area contributed by atoms with Crippen LogP contribution in [-0.2, 0) is 6.54 Å². The summed E-state index contributed by atoms with van der Waals surface area (Å²) in [6, 6.07) is 11.1. The summed E-state index contributed by atoms with van der Waals surface area (Å²) >= 11 is 0. The summed E-state index contributed by atoms with van der Waals surface area (Å²) in [5, 5.41) is 5.66. The second-order valence-corrected chi connectivity index (χ2v) is 5.05. The minimum absolute atomic E-state index is 0.207. The Kier molecular flexibility index (Phi) is 4.00. The molecule has 6 heteroatoms. The van der Waals surface area contributed by atoms with Crippen molar-refractivity contribution in [2.45, 2.75) is 19.5 Å². The molecule has 0 aliphatic carbocycles. The number of benzene rings is 1. The molecule has 0 radical (unpaired) electrons. The van der Waals surface area contributed by atoms with E-state index in [0.29, 0.717) is 6.54 Å². The molecule has 0 fully saturated rings. The monoisotopic (exact) mass is 295 g/mol. The third kappa shape index (κ3) is 3.22. The molecule has 1 unspecified atom stereocenters. The van der Waals surface area contributed by atoms with Crippen molar-refractivity contribution >= 4 is 17.1 Å². The number of nitrogens with one attached hydrogen (secondary N) is 3. The molecule has 1 aromatic carbocycles. The first-order chi connectivity index (χ1) is 10.7. The highest BCUT2D eigenvalue weighted by Crippen LogP contribution is 2.15. The number of urea groups is 1. The van der Waals surface area contributed by atoms with E-state index in [4.69, 9.17) is 0 Å². The number of aromatic amines is 1. The Bertz CT molecular complexity index is 735. The fraction of sp³-hybridized carbons (Fsp3) is 0.188. The van der Waals surface area contributed by atoms with Gasteiger partial charge >= 0.3 is 6.03 Å². The molecule has 112 valence electrons. The molecule has 1 atom stereocenters. The van der Waals surface area contributed by atoms with Crippen LogP contribution in [-0.4, -0.2) is 21.0 Å². The molecule has 22 heavy (non-hydrogen) atoms. The minimum Gasteiger partial charge on any atom is -0.340 e. The summed E-state index contributed by atoms with van der Waals surface area (Å²) in [5.41, 5.74) is 2.80. The minimum atomic E-state index is -0.239. The maximum Gasteiger partial charge on any atom is 0.315 e. The number of aromatic nitrogens is 3. The molecule has 2 aromatic heterocycles. The molecule has 0 saturated carbocycles. The van der Waals surface area contributed by atoms with Gasteiger partial charge in [0.2, 0.25) is 0 Å². The molecule has 0 aliphatic rings. The second-order valence-electron chi connectivity index (χ2n) is 5.05. The summed E-state index contributed by atoms with van der Waals surface area (Å²) < 4.78 is 0. The third-order valence-corrected chi connectivity index (χ3v) is 3.34. The number of hydrogen-bond donors (Lipinski definition) is 3. The van der Waals surface area contributed by atoms with Crippen molar-refractivity contribution in [3.8, 4) is 0 Å². The number of carbonyl (C=O) groups is 1. The number of imidazole rings is 1. The molecular weight excluding hydrogens is 278 g/mol. The smallest absolute Gasteiger partial charge is 0.315 e. The van der Waals surface area contributed by atoms with Gasteiger partial charge in [-0.1, -0.05) is 18.2 Å². The van der Waals surface area contributed by atoms with E-state index in [1.165, 1.54) is 0 Å². The summed E-state index contributed by atoms with van der Waals surface area (Å²) in [6.07, 6.45) is 3.43. The average Bonchev–Trinajstić information content (AvgIpc) is 2.98. The number of amides is 2. The van der Waals surface area contributed by atoms with Crippen LogP contribution in [0.1, 0.15) is 24.4 Å². The Morgan fingerprint density at radius 1 is 1.27 bits per heavy atom. The maximum absolute atomic E-state index is 11.9. The van der Waals surface area contributed by atoms with Crippen LogP contribution in [0, 0.1) is 0 Å². The molecule has 3 N–H and O–H groups in total. The molecule has 3 rings (SSSR count). The number of nitrogens with zero attached hydrogens (tertiary/aromatic N) is 2. The van der Waals surface area contributed by atoms with Gasteiger partial charge < -0.3 is 15.6 Å². The molecule has 2 heterocycles. The normalized spacial score (nSPS) is 12.0. The number of carbonyl (C=O) groups excluding carboxylic acids is 1. The lowest BCUT2D eigenvalue weighted by Crippen LogP contribution is -2.37. The SMILES string of the molecule is CC(NC(=O)NCc1cccnc1)c1nc2ccccc2[nH]1. The van der Waals surface area contributed by atoms with Crippen LogP contribution in [0.5, 0.6) is 0 Å². The van der Waals surface area contributed by atoms with Gasteiger partial charge in [0, 0.05) is 18.9 Å². The zero-order valence-corrected chi connectivity index (χ0v) is 12.2. The molecule has 0 spiro atoms. The van der Waals surface area contributed by atoms with Crippen LogP contribution >= 0.6 is 0 Å². The average molecular weight is 295 g/mol. The van der Waals surface area contributed by atoms with Crippen molar-refractivity contribution in [3.05, 3.63) is 60.2 Å². The number of pyridine rings is 1. The van der Waals surface area contributed by atoms with E-state index in [2.05, 4.69) is 25.6 Å². The first-order valence-corrected chi connectivity index (χ1v) is 7.10. The number of para-hydroxylation sites is 2. The van der Waals surface area contributed by atoms with E-state index in [9.17, 15) is 4.79 Å². The van der Waals surface area contributed by atoms with Crippen LogP contribution in [0.4, 0.5) is 4.79 Å². The number of fused-ring (bicyclic) bond motifs is 1. The number of hydrogen-bond acceptors (Lipinski definition) is 3. The largest absolute Gasteiger partial charge is 0.340 e. The van der Waals surface area contributed by atoms with E-state index in [1.54, 1.807) is 12.4 Å². The lowest BCUT2D eigenvalue weighted by atomic mass is 10.3. The van der Waals surface area contributed by atoms with Crippen LogP contribution in [0.2, 0.25) is 0 Å². The molecule has 6 nitrogen and oxygen atoms in total. The highest BCUT2D eigenvalue weighted by Gasteiger charge is 2.13. The second kappa shape index (κ2) is 6.26. The van der Waals surface area contributed by atoms with Crippen molar-refractivity contribution in [2.24, 2.45) is 0 Å². The summed E-state index contributed by atoms with van der Waals surface area (Å²) in [4.78, 5) is 23.6. The molecule has 3 aromatic rings. The van der Waals surface area contributed by atoms with Crippen molar-refractivity contribution in [3.63, 3.8) is 0 Å². The Labute approximate surface area is 128 Å². The lowest BCUT2D eigenvalue weighted by Gasteiger charge is -2.12. The van der Waals surface area contributed by atoms with Gasteiger partial charge in [-0.2, -0.15) is 0 Å².